The van der Waals surface area contributed by atoms with Gasteiger partial charge >= 0.3 is 165 Å². The molecule has 0 heterocycles. The van der Waals surface area contributed by atoms with Gasteiger partial charge in [0.15, 0.2) is 0 Å². The monoisotopic (exact) mass is 438 g/mol. The van der Waals surface area contributed by atoms with Crippen molar-refractivity contribution in [3.63, 3.8) is 0 Å². The van der Waals surface area contributed by atoms with Gasteiger partial charge < -0.3 is 0 Å². The number of hydrogen-bond acceptors (Lipinski definition) is 2. The zero-order valence-corrected chi connectivity index (χ0v) is 18.8. The van der Waals surface area contributed by atoms with Crippen molar-refractivity contribution in [2.75, 3.05) is 13.2 Å². The van der Waals surface area contributed by atoms with Crippen LogP contribution in [0.25, 0.3) is 12.2 Å². The summed E-state index contributed by atoms with van der Waals surface area (Å²) in [6.07, 6.45) is 9.19. The molecular weight excluding hydrogens is 411 g/mol. The van der Waals surface area contributed by atoms with E-state index in [0.717, 1.165) is 0 Å². The average Bonchev–Trinajstić information content (AvgIpc) is 3.33. The van der Waals surface area contributed by atoms with E-state index >= 15 is 0 Å². The average molecular weight is 440 g/mol. The number of allylic oxidation sites excluding steroid dienone is 2. The van der Waals surface area contributed by atoms with Crippen LogP contribution in [0.1, 0.15) is 50.3 Å². The summed E-state index contributed by atoms with van der Waals surface area (Å²) in [5.41, 5.74) is 5.28. The summed E-state index contributed by atoms with van der Waals surface area (Å²) < 4.78 is 16.6. The molecule has 2 aliphatic carbocycles. The van der Waals surface area contributed by atoms with Crippen LogP contribution in [0.3, 0.4) is 0 Å². The summed E-state index contributed by atoms with van der Waals surface area (Å²) in [5, 5.41) is 0. The summed E-state index contributed by atoms with van der Waals surface area (Å²) in [5.74, 6) is 0. The van der Waals surface area contributed by atoms with Crippen molar-refractivity contribution in [3.8, 4) is 0 Å². The van der Waals surface area contributed by atoms with Crippen molar-refractivity contribution in [2.45, 2.75) is 28.0 Å². The Labute approximate surface area is 164 Å². The van der Waals surface area contributed by atoms with Gasteiger partial charge in [-0.2, -0.15) is 0 Å². The fourth-order valence-corrected chi connectivity index (χ4v) is 20.4. The van der Waals surface area contributed by atoms with Crippen LogP contribution in [0.15, 0.2) is 60.7 Å². The number of hydrogen-bond donors (Lipinski definition) is 0. The van der Waals surface area contributed by atoms with Gasteiger partial charge in [-0.15, -0.1) is 0 Å². The van der Waals surface area contributed by atoms with E-state index in [9.17, 15) is 0 Å². The van der Waals surface area contributed by atoms with Crippen LogP contribution >= 0.6 is 0 Å². The van der Waals surface area contributed by atoms with Crippen molar-refractivity contribution in [1.82, 2.24) is 0 Å². The molecule has 0 spiro atoms. The summed E-state index contributed by atoms with van der Waals surface area (Å²) >= 11 is -4.45. The quantitative estimate of drug-likeness (QED) is 0.555. The van der Waals surface area contributed by atoms with Gasteiger partial charge in [0.1, 0.15) is 0 Å². The molecule has 0 aromatic heterocycles. The molecule has 2 nitrogen and oxygen atoms in total. The van der Waals surface area contributed by atoms with Gasteiger partial charge in [0.2, 0.25) is 0 Å². The van der Waals surface area contributed by atoms with Gasteiger partial charge in [0.25, 0.3) is 0 Å². The molecule has 0 saturated heterocycles. The Bertz CT molecular complexity index is 906. The van der Waals surface area contributed by atoms with Crippen LogP contribution in [0.2, 0.25) is 0 Å². The van der Waals surface area contributed by atoms with E-state index in [4.69, 9.17) is 5.63 Å². The summed E-state index contributed by atoms with van der Waals surface area (Å²) in [6, 6.07) is 17.4. The first-order chi connectivity index (χ1) is 13.2. The van der Waals surface area contributed by atoms with Gasteiger partial charge in [-0.05, 0) is 0 Å². The van der Waals surface area contributed by atoms with Crippen LogP contribution in [-0.4, -0.2) is 16.9 Å². The first-order valence-electron chi connectivity index (χ1n) is 9.99. The molecule has 27 heavy (non-hydrogen) atoms. The Balaban J connectivity index is 2.01. The van der Waals surface area contributed by atoms with Gasteiger partial charge in [-0.25, -0.2) is 0 Å². The number of benzene rings is 2. The second-order valence-corrected chi connectivity index (χ2v) is 19.6. The Morgan fingerprint density at radius 1 is 0.778 bits per heavy atom. The molecule has 2 atom stereocenters. The SMILES string of the molecule is C[CH]=[Zr]([O]CC)([O]CC)([CH]1C=Cc2ccccc21)[CH]1C=Cc2ccccc21. The predicted molar refractivity (Wildman–Crippen MR) is 111 cm³/mol. The second kappa shape index (κ2) is 7.20. The normalized spacial score (nSPS) is 20.6. The Kier molecular flexibility index (Phi) is 5.05. The molecule has 0 N–H and O–H groups in total. The summed E-state index contributed by atoms with van der Waals surface area (Å²) in [6.45, 7) is 7.69. The molecule has 0 radical (unpaired) electrons. The molecule has 3 heteroatoms. The maximum atomic E-state index is 6.92. The van der Waals surface area contributed by atoms with Crippen molar-refractivity contribution < 1.29 is 24.8 Å². The van der Waals surface area contributed by atoms with E-state index in [2.05, 4.69) is 97.3 Å². The molecule has 0 amide bonds. The van der Waals surface area contributed by atoms with Gasteiger partial charge in [0.05, 0.1) is 0 Å². The number of rotatable bonds is 6. The zero-order valence-electron chi connectivity index (χ0n) is 16.4. The second-order valence-electron chi connectivity index (χ2n) is 7.38. The first kappa shape index (κ1) is 18.9. The van der Waals surface area contributed by atoms with Crippen LogP contribution in [0.4, 0.5) is 0 Å². The van der Waals surface area contributed by atoms with Crippen molar-refractivity contribution in [2.24, 2.45) is 0 Å². The topological polar surface area (TPSA) is 18.5 Å². The molecule has 0 bridgehead atoms. The van der Waals surface area contributed by atoms with Crippen LogP contribution < -0.4 is 0 Å². The summed E-state index contributed by atoms with van der Waals surface area (Å²) in [7, 11) is 0. The third-order valence-electron chi connectivity index (χ3n) is 6.30. The third-order valence-corrected chi connectivity index (χ3v) is 22.1. The van der Waals surface area contributed by atoms with Crippen molar-refractivity contribution >= 4 is 15.9 Å². The molecular formula is C24H28O2Zr. The molecule has 0 saturated carbocycles. The fraction of sp³-hybridized carbons (Fsp3) is 0.292. The van der Waals surface area contributed by atoms with E-state index in [1.165, 1.54) is 22.3 Å². The van der Waals surface area contributed by atoms with Crippen LogP contribution in [-0.2, 0) is 24.8 Å². The van der Waals surface area contributed by atoms with Crippen LogP contribution in [0, 0.1) is 0 Å². The fourth-order valence-electron chi connectivity index (χ4n) is 5.23. The molecule has 4 rings (SSSR count). The molecule has 2 aromatic carbocycles. The molecule has 2 aliphatic rings. The van der Waals surface area contributed by atoms with Gasteiger partial charge in [-0.1, -0.05) is 0 Å². The maximum absolute atomic E-state index is 6.92. The van der Waals surface area contributed by atoms with Crippen molar-refractivity contribution in [1.29, 1.82) is 0 Å². The van der Waals surface area contributed by atoms with E-state index in [0.29, 0.717) is 13.2 Å². The summed E-state index contributed by atoms with van der Waals surface area (Å²) in [4.78, 5) is 0. The zero-order chi connectivity index (χ0) is 18.9. The van der Waals surface area contributed by atoms with Gasteiger partial charge in [-0.3, -0.25) is 0 Å². The number of fused-ring (bicyclic) bond motifs is 2. The van der Waals surface area contributed by atoms with E-state index in [-0.39, 0.29) is 7.25 Å². The Morgan fingerprint density at radius 2 is 1.22 bits per heavy atom. The minimum atomic E-state index is -4.45. The molecule has 0 aliphatic heterocycles. The van der Waals surface area contributed by atoms with E-state index < -0.39 is 19.2 Å². The van der Waals surface area contributed by atoms with Crippen molar-refractivity contribution in [3.05, 3.63) is 82.9 Å². The molecule has 140 valence electrons. The van der Waals surface area contributed by atoms with Gasteiger partial charge in [0, 0.05) is 0 Å². The minimum absolute atomic E-state index is 0.188. The Hall–Kier alpha value is -1.41. The standard InChI is InChI=1S/2C9H7.2C2H5O.C2H4.Zr/c2*1-2-5-9-7-3-6-8(9)4-1;2*1-2-3;1-2;/h2*1-7H;2*2H2,1H3;1H,2H3;/q;;2*-1;;+2. The Morgan fingerprint density at radius 3 is 1.63 bits per heavy atom. The predicted octanol–water partition coefficient (Wildman–Crippen LogP) is 5.94. The molecule has 0 fully saturated rings. The van der Waals surface area contributed by atoms with Crippen LogP contribution in [0.5, 0.6) is 0 Å². The molecule has 2 aromatic rings. The third kappa shape index (κ3) is 2.67. The van der Waals surface area contributed by atoms with E-state index in [1.54, 1.807) is 0 Å². The molecule has 2 unspecified atom stereocenters. The van der Waals surface area contributed by atoms with E-state index in [1.807, 2.05) is 0 Å². The first-order valence-corrected chi connectivity index (χ1v) is 16.3.